The predicted octanol–water partition coefficient (Wildman–Crippen LogP) is 2.94. The van der Waals surface area contributed by atoms with Gasteiger partial charge in [-0.3, -0.25) is 15.5 Å². The van der Waals surface area contributed by atoms with Gasteiger partial charge in [-0.25, -0.2) is 0 Å². The lowest BCUT2D eigenvalue weighted by molar-refractivity contribution is -0.384. The number of nitrogens with zero attached hydrogens (tertiary/aromatic N) is 3. The first-order valence-corrected chi connectivity index (χ1v) is 8.00. The van der Waals surface area contributed by atoms with E-state index in [1.54, 1.807) is 29.7 Å². The Morgan fingerprint density at radius 2 is 2.13 bits per heavy atom. The molecule has 7 nitrogen and oxygen atoms in total. The highest BCUT2D eigenvalue weighted by Gasteiger charge is 2.12. The zero-order valence-electron chi connectivity index (χ0n) is 12.3. The summed E-state index contributed by atoms with van der Waals surface area (Å²) >= 11 is 1.66. The van der Waals surface area contributed by atoms with Gasteiger partial charge in [0.15, 0.2) is 0 Å². The third-order valence-corrected chi connectivity index (χ3v) is 4.46. The molecule has 1 aromatic heterocycles. The Hall–Kier alpha value is -2.45. The Bertz CT molecular complexity index is 710. The molecule has 0 atom stereocenters. The molecule has 1 aliphatic rings. The summed E-state index contributed by atoms with van der Waals surface area (Å²) in [7, 11) is 0. The van der Waals surface area contributed by atoms with Crippen LogP contribution in [0.4, 0.5) is 16.4 Å². The Balaban J connectivity index is 1.61. The lowest BCUT2D eigenvalue weighted by atomic mass is 10.3. The van der Waals surface area contributed by atoms with Crippen LogP contribution >= 0.6 is 11.3 Å². The number of ether oxygens (including phenoxy) is 1. The summed E-state index contributed by atoms with van der Waals surface area (Å²) in [6.07, 6.45) is 1.72. The van der Waals surface area contributed by atoms with E-state index < -0.39 is 4.92 Å². The standard InChI is InChI=1S/C15H16N4O3S/c20-19(21)13-3-1-2-12(10-13)17-16-11-14-4-5-15(23-14)18-6-8-22-9-7-18/h1-5,10-11,17H,6-9H2. The van der Waals surface area contributed by atoms with Crippen LogP contribution < -0.4 is 10.3 Å². The number of nitrogens with one attached hydrogen (secondary N) is 1. The van der Waals surface area contributed by atoms with Crippen molar-refractivity contribution in [3.05, 3.63) is 51.4 Å². The highest BCUT2D eigenvalue weighted by atomic mass is 32.1. The van der Waals surface area contributed by atoms with E-state index in [0.29, 0.717) is 5.69 Å². The van der Waals surface area contributed by atoms with Crippen molar-refractivity contribution in [2.45, 2.75) is 0 Å². The van der Waals surface area contributed by atoms with Gasteiger partial charge in [0, 0.05) is 30.1 Å². The van der Waals surface area contributed by atoms with Gasteiger partial charge in [0.05, 0.1) is 35.0 Å². The highest BCUT2D eigenvalue weighted by Crippen LogP contribution is 2.25. The lowest BCUT2D eigenvalue weighted by Crippen LogP contribution is -2.35. The van der Waals surface area contributed by atoms with Crippen LogP contribution in [0.15, 0.2) is 41.5 Å². The molecule has 0 amide bonds. The Morgan fingerprint density at radius 3 is 2.91 bits per heavy atom. The Morgan fingerprint density at radius 1 is 1.30 bits per heavy atom. The number of rotatable bonds is 5. The number of hydrogen-bond donors (Lipinski definition) is 1. The first kappa shape index (κ1) is 15.4. The van der Waals surface area contributed by atoms with Gasteiger partial charge in [0.2, 0.25) is 0 Å². The summed E-state index contributed by atoms with van der Waals surface area (Å²) in [5.41, 5.74) is 3.44. The third kappa shape index (κ3) is 4.05. The summed E-state index contributed by atoms with van der Waals surface area (Å²) in [5.74, 6) is 0. The summed E-state index contributed by atoms with van der Waals surface area (Å²) in [5, 5.41) is 16.1. The van der Waals surface area contributed by atoms with Crippen LogP contribution in [0.3, 0.4) is 0 Å². The molecule has 0 aliphatic carbocycles. The number of hydrazone groups is 1. The van der Waals surface area contributed by atoms with Crippen molar-refractivity contribution in [3.63, 3.8) is 0 Å². The van der Waals surface area contributed by atoms with Gasteiger partial charge >= 0.3 is 0 Å². The second-order valence-corrected chi connectivity index (χ2v) is 6.05. The van der Waals surface area contributed by atoms with E-state index in [1.165, 1.54) is 17.1 Å². The van der Waals surface area contributed by atoms with Crippen molar-refractivity contribution in [3.8, 4) is 0 Å². The fraction of sp³-hybridized carbons (Fsp3) is 0.267. The number of nitro benzene ring substituents is 1. The minimum atomic E-state index is -0.428. The average Bonchev–Trinajstić information content (AvgIpc) is 3.05. The van der Waals surface area contributed by atoms with E-state index in [1.807, 2.05) is 6.07 Å². The van der Waals surface area contributed by atoms with Crippen LogP contribution in [-0.4, -0.2) is 37.4 Å². The molecule has 1 N–H and O–H groups in total. The second-order valence-electron chi connectivity index (χ2n) is 4.95. The minimum Gasteiger partial charge on any atom is -0.378 e. The molecule has 0 radical (unpaired) electrons. The van der Waals surface area contributed by atoms with E-state index in [9.17, 15) is 10.1 Å². The lowest BCUT2D eigenvalue weighted by Gasteiger charge is -2.27. The molecule has 23 heavy (non-hydrogen) atoms. The quantitative estimate of drug-likeness (QED) is 0.517. The maximum atomic E-state index is 10.7. The van der Waals surface area contributed by atoms with Gasteiger partial charge in [-0.2, -0.15) is 5.10 Å². The number of anilines is 2. The van der Waals surface area contributed by atoms with Gasteiger partial charge in [0.1, 0.15) is 0 Å². The third-order valence-electron chi connectivity index (χ3n) is 3.38. The molecule has 1 fully saturated rings. The van der Waals surface area contributed by atoms with E-state index in [4.69, 9.17) is 4.74 Å². The topological polar surface area (TPSA) is 80.0 Å². The van der Waals surface area contributed by atoms with E-state index >= 15 is 0 Å². The summed E-state index contributed by atoms with van der Waals surface area (Å²) in [6, 6.07) is 10.3. The van der Waals surface area contributed by atoms with E-state index in [2.05, 4.69) is 21.5 Å². The molecule has 0 spiro atoms. The zero-order chi connectivity index (χ0) is 16.1. The zero-order valence-corrected chi connectivity index (χ0v) is 13.2. The SMILES string of the molecule is O=[N+]([O-])c1cccc(NN=Cc2ccc(N3CCOCC3)s2)c1. The highest BCUT2D eigenvalue weighted by molar-refractivity contribution is 7.17. The largest absolute Gasteiger partial charge is 0.378 e. The average molecular weight is 332 g/mol. The van der Waals surface area contributed by atoms with Crippen LogP contribution in [0.5, 0.6) is 0 Å². The van der Waals surface area contributed by atoms with Gasteiger partial charge in [-0.05, 0) is 18.2 Å². The molecular formula is C15H16N4O3S. The molecule has 2 heterocycles. The molecule has 2 aromatic rings. The number of nitro groups is 1. The summed E-state index contributed by atoms with van der Waals surface area (Å²) < 4.78 is 5.35. The predicted molar refractivity (Wildman–Crippen MR) is 91.7 cm³/mol. The second kappa shape index (κ2) is 7.21. The van der Waals surface area contributed by atoms with Gasteiger partial charge < -0.3 is 9.64 Å². The van der Waals surface area contributed by atoms with Crippen molar-refractivity contribution < 1.29 is 9.66 Å². The fourth-order valence-electron chi connectivity index (χ4n) is 2.22. The van der Waals surface area contributed by atoms with Crippen LogP contribution in [0.1, 0.15) is 4.88 Å². The molecule has 1 saturated heterocycles. The molecular weight excluding hydrogens is 316 g/mol. The number of thiophene rings is 1. The summed E-state index contributed by atoms with van der Waals surface area (Å²) in [4.78, 5) is 13.6. The maximum absolute atomic E-state index is 10.7. The van der Waals surface area contributed by atoms with Crippen LogP contribution in [0.25, 0.3) is 0 Å². The van der Waals surface area contributed by atoms with Gasteiger partial charge in [0.25, 0.3) is 5.69 Å². The van der Waals surface area contributed by atoms with Gasteiger partial charge in [-0.15, -0.1) is 11.3 Å². The fourth-order valence-corrected chi connectivity index (χ4v) is 3.16. The van der Waals surface area contributed by atoms with Crippen molar-refractivity contribution in [2.75, 3.05) is 36.6 Å². The minimum absolute atomic E-state index is 0.0379. The van der Waals surface area contributed by atoms with Crippen LogP contribution in [-0.2, 0) is 4.74 Å². The number of hydrogen-bond acceptors (Lipinski definition) is 7. The molecule has 3 rings (SSSR count). The smallest absolute Gasteiger partial charge is 0.271 e. The molecule has 1 aromatic carbocycles. The monoisotopic (exact) mass is 332 g/mol. The molecule has 1 aliphatic heterocycles. The number of non-ortho nitro benzene ring substituents is 1. The normalized spacial score (nSPS) is 15.0. The number of benzene rings is 1. The Labute approximate surface area is 137 Å². The van der Waals surface area contributed by atoms with Crippen molar-refractivity contribution in [1.29, 1.82) is 0 Å². The van der Waals surface area contributed by atoms with Gasteiger partial charge in [-0.1, -0.05) is 6.07 Å². The molecule has 8 heteroatoms. The first-order chi connectivity index (χ1) is 11.2. The summed E-state index contributed by atoms with van der Waals surface area (Å²) in [6.45, 7) is 3.33. The van der Waals surface area contributed by atoms with E-state index in [-0.39, 0.29) is 5.69 Å². The Kier molecular flexibility index (Phi) is 4.84. The van der Waals surface area contributed by atoms with Crippen LogP contribution in [0, 0.1) is 10.1 Å². The molecule has 0 saturated carbocycles. The first-order valence-electron chi connectivity index (χ1n) is 7.18. The molecule has 120 valence electrons. The van der Waals surface area contributed by atoms with Crippen molar-refractivity contribution >= 4 is 33.9 Å². The van der Waals surface area contributed by atoms with Crippen LogP contribution in [0.2, 0.25) is 0 Å². The van der Waals surface area contributed by atoms with E-state index in [0.717, 1.165) is 31.2 Å². The molecule has 0 unspecified atom stereocenters. The van der Waals surface area contributed by atoms with Crippen molar-refractivity contribution in [1.82, 2.24) is 0 Å². The van der Waals surface area contributed by atoms with Crippen molar-refractivity contribution in [2.24, 2.45) is 5.10 Å². The number of morpholine rings is 1. The maximum Gasteiger partial charge on any atom is 0.271 e. The molecule has 0 bridgehead atoms.